The Balaban J connectivity index is 2.15. The third-order valence-corrected chi connectivity index (χ3v) is 3.58. The number of esters is 1. The van der Waals surface area contributed by atoms with Gasteiger partial charge in [-0.2, -0.15) is 0 Å². The number of carbonyl (C=O) groups is 1. The van der Waals surface area contributed by atoms with Crippen molar-refractivity contribution in [3.8, 4) is 0 Å². The van der Waals surface area contributed by atoms with Crippen LogP contribution in [0.2, 0.25) is 10.3 Å². The average Bonchev–Trinajstić information content (AvgIpc) is 2.52. The molecule has 0 unspecified atom stereocenters. The molecule has 0 aliphatic rings. The third-order valence-electron chi connectivity index (χ3n) is 2.95. The first-order chi connectivity index (χ1) is 10.6. The largest absolute Gasteiger partial charge is 0.469 e. The molecule has 1 aromatic heterocycles. The Hall–Kier alpha value is -1.91. The van der Waals surface area contributed by atoms with E-state index in [0.717, 1.165) is 5.56 Å². The van der Waals surface area contributed by atoms with E-state index in [1.807, 2.05) is 36.4 Å². The summed E-state index contributed by atoms with van der Waals surface area (Å²) in [7, 11) is 1.33. The van der Waals surface area contributed by atoms with Gasteiger partial charge in [0.15, 0.2) is 5.82 Å². The first-order valence-corrected chi connectivity index (χ1v) is 7.37. The molecule has 4 nitrogen and oxygen atoms in total. The van der Waals surface area contributed by atoms with Gasteiger partial charge in [0, 0.05) is 12.0 Å². The van der Waals surface area contributed by atoms with Crippen molar-refractivity contribution in [1.29, 1.82) is 0 Å². The number of rotatable bonds is 5. The van der Waals surface area contributed by atoms with Crippen LogP contribution in [-0.4, -0.2) is 23.0 Å². The van der Waals surface area contributed by atoms with Crippen LogP contribution in [0.1, 0.15) is 23.4 Å². The van der Waals surface area contributed by atoms with Gasteiger partial charge in [0.1, 0.15) is 10.3 Å². The number of hydrogen-bond donors (Lipinski definition) is 0. The highest BCUT2D eigenvalue weighted by Crippen LogP contribution is 2.23. The minimum absolute atomic E-state index is 0.179. The molecule has 0 aliphatic heterocycles. The second-order valence-electron chi connectivity index (χ2n) is 4.46. The lowest BCUT2D eigenvalue weighted by atomic mass is 10.2. The standard InChI is InChI=1S/C16H14Cl2N2O2/c1-22-14(21)10-8-12-15(17)19-13(20-16(12)18)9-7-11-5-3-2-4-6-11/h2-7,9H,8,10H2,1H3/b9-7+. The number of nitrogens with zero attached hydrogens (tertiary/aromatic N) is 2. The van der Waals surface area contributed by atoms with Crippen molar-refractivity contribution in [2.24, 2.45) is 0 Å². The van der Waals surface area contributed by atoms with Gasteiger partial charge in [-0.3, -0.25) is 4.79 Å². The van der Waals surface area contributed by atoms with Crippen molar-refractivity contribution < 1.29 is 9.53 Å². The lowest BCUT2D eigenvalue weighted by Gasteiger charge is -2.06. The fourth-order valence-corrected chi connectivity index (χ4v) is 2.38. The molecule has 0 saturated carbocycles. The summed E-state index contributed by atoms with van der Waals surface area (Å²) in [4.78, 5) is 19.5. The van der Waals surface area contributed by atoms with Crippen LogP contribution in [0.4, 0.5) is 0 Å². The lowest BCUT2D eigenvalue weighted by molar-refractivity contribution is -0.140. The molecule has 0 spiro atoms. The Kier molecular flexibility index (Phi) is 5.92. The molecule has 0 aliphatic carbocycles. The molecule has 0 fully saturated rings. The summed E-state index contributed by atoms with van der Waals surface area (Å²) in [5, 5.41) is 0.494. The van der Waals surface area contributed by atoms with E-state index in [9.17, 15) is 4.79 Å². The van der Waals surface area contributed by atoms with E-state index in [2.05, 4.69) is 14.7 Å². The monoisotopic (exact) mass is 336 g/mol. The Morgan fingerprint density at radius 1 is 1.14 bits per heavy atom. The topological polar surface area (TPSA) is 52.1 Å². The molecule has 0 radical (unpaired) electrons. The zero-order valence-corrected chi connectivity index (χ0v) is 13.4. The summed E-state index contributed by atoms with van der Waals surface area (Å²) in [6.45, 7) is 0. The van der Waals surface area contributed by atoms with Crippen LogP contribution in [0.15, 0.2) is 30.3 Å². The predicted octanol–water partition coefficient (Wildman–Crippen LogP) is 4.06. The van der Waals surface area contributed by atoms with Crippen LogP contribution >= 0.6 is 23.2 Å². The van der Waals surface area contributed by atoms with Crippen LogP contribution < -0.4 is 0 Å². The zero-order valence-electron chi connectivity index (χ0n) is 11.9. The van der Waals surface area contributed by atoms with E-state index >= 15 is 0 Å². The Morgan fingerprint density at radius 3 is 2.36 bits per heavy atom. The van der Waals surface area contributed by atoms with Gasteiger partial charge in [0.2, 0.25) is 0 Å². The molecule has 1 heterocycles. The fraction of sp³-hybridized carbons (Fsp3) is 0.188. The molecule has 1 aromatic carbocycles. The Morgan fingerprint density at radius 2 is 1.77 bits per heavy atom. The molecule has 114 valence electrons. The van der Waals surface area contributed by atoms with Gasteiger partial charge in [0.05, 0.1) is 7.11 Å². The minimum Gasteiger partial charge on any atom is -0.469 e. The van der Waals surface area contributed by atoms with E-state index in [1.165, 1.54) is 7.11 Å². The van der Waals surface area contributed by atoms with Gasteiger partial charge in [0.25, 0.3) is 0 Å². The SMILES string of the molecule is COC(=O)CCc1c(Cl)nc(/C=C/c2ccccc2)nc1Cl. The molecule has 0 bridgehead atoms. The summed E-state index contributed by atoms with van der Waals surface area (Å²) < 4.78 is 4.59. The van der Waals surface area contributed by atoms with Gasteiger partial charge in [-0.1, -0.05) is 59.6 Å². The molecule has 0 amide bonds. The number of benzene rings is 1. The lowest BCUT2D eigenvalue weighted by Crippen LogP contribution is -2.04. The number of ether oxygens (including phenoxy) is 1. The van der Waals surface area contributed by atoms with Crippen molar-refractivity contribution in [1.82, 2.24) is 9.97 Å². The van der Waals surface area contributed by atoms with Gasteiger partial charge < -0.3 is 4.74 Å². The second kappa shape index (κ2) is 7.92. The maximum Gasteiger partial charge on any atom is 0.305 e. The summed E-state index contributed by atoms with van der Waals surface area (Å²) in [6.07, 6.45) is 4.12. The van der Waals surface area contributed by atoms with Crippen LogP contribution in [0.3, 0.4) is 0 Å². The normalized spacial score (nSPS) is 10.9. The van der Waals surface area contributed by atoms with Crippen molar-refractivity contribution in [2.45, 2.75) is 12.8 Å². The average molecular weight is 337 g/mol. The first kappa shape index (κ1) is 16.5. The summed E-state index contributed by atoms with van der Waals surface area (Å²) >= 11 is 12.2. The number of carbonyl (C=O) groups excluding carboxylic acids is 1. The predicted molar refractivity (Wildman–Crippen MR) is 87.8 cm³/mol. The van der Waals surface area contributed by atoms with E-state index in [-0.39, 0.29) is 22.7 Å². The highest BCUT2D eigenvalue weighted by atomic mass is 35.5. The van der Waals surface area contributed by atoms with Gasteiger partial charge in [-0.15, -0.1) is 0 Å². The fourth-order valence-electron chi connectivity index (χ4n) is 1.79. The number of hydrogen-bond acceptors (Lipinski definition) is 4. The number of aromatic nitrogens is 2. The molecule has 6 heteroatoms. The van der Waals surface area contributed by atoms with Crippen LogP contribution in [-0.2, 0) is 16.0 Å². The molecule has 0 N–H and O–H groups in total. The highest BCUT2D eigenvalue weighted by molar-refractivity contribution is 6.34. The van der Waals surface area contributed by atoms with E-state index < -0.39 is 0 Å². The Labute approximate surface area is 138 Å². The van der Waals surface area contributed by atoms with Crippen LogP contribution in [0, 0.1) is 0 Å². The summed E-state index contributed by atoms with van der Waals surface area (Å²) in [6, 6.07) is 9.75. The Bertz CT molecular complexity index is 665. The molecular weight excluding hydrogens is 323 g/mol. The van der Waals surface area contributed by atoms with E-state index in [4.69, 9.17) is 23.2 Å². The van der Waals surface area contributed by atoms with Crippen molar-refractivity contribution in [3.63, 3.8) is 0 Å². The second-order valence-corrected chi connectivity index (χ2v) is 5.18. The van der Waals surface area contributed by atoms with Crippen molar-refractivity contribution in [3.05, 3.63) is 57.6 Å². The van der Waals surface area contributed by atoms with Crippen LogP contribution in [0.25, 0.3) is 12.2 Å². The molecule has 0 saturated heterocycles. The maximum atomic E-state index is 11.2. The molecule has 0 atom stereocenters. The van der Waals surface area contributed by atoms with Gasteiger partial charge in [-0.25, -0.2) is 9.97 Å². The molecule has 2 aromatic rings. The number of methoxy groups -OCH3 is 1. The quantitative estimate of drug-likeness (QED) is 0.610. The number of halogens is 2. The molecule has 2 rings (SSSR count). The maximum absolute atomic E-state index is 11.2. The van der Waals surface area contributed by atoms with Crippen molar-refractivity contribution >= 4 is 41.3 Å². The summed E-state index contributed by atoms with van der Waals surface area (Å²) in [5.41, 5.74) is 1.57. The van der Waals surface area contributed by atoms with E-state index in [1.54, 1.807) is 6.08 Å². The molecular formula is C16H14Cl2N2O2. The summed E-state index contributed by atoms with van der Waals surface area (Å²) in [5.74, 6) is 0.0841. The van der Waals surface area contributed by atoms with Crippen molar-refractivity contribution in [2.75, 3.05) is 7.11 Å². The third kappa shape index (κ3) is 4.55. The van der Waals surface area contributed by atoms with Gasteiger partial charge >= 0.3 is 5.97 Å². The molecule has 22 heavy (non-hydrogen) atoms. The van der Waals surface area contributed by atoms with Crippen LogP contribution in [0.5, 0.6) is 0 Å². The smallest absolute Gasteiger partial charge is 0.305 e. The zero-order chi connectivity index (χ0) is 15.9. The van der Waals surface area contributed by atoms with Gasteiger partial charge in [-0.05, 0) is 18.1 Å². The van der Waals surface area contributed by atoms with E-state index in [0.29, 0.717) is 17.8 Å². The highest BCUT2D eigenvalue weighted by Gasteiger charge is 2.12. The first-order valence-electron chi connectivity index (χ1n) is 6.62. The minimum atomic E-state index is -0.333.